The van der Waals surface area contributed by atoms with Gasteiger partial charge in [-0.2, -0.15) is 0 Å². The maximum atomic E-state index is 12.9. The largest absolute Gasteiger partial charge is 0.366 e. The minimum atomic E-state index is -0.445. The van der Waals surface area contributed by atoms with Crippen molar-refractivity contribution in [2.75, 3.05) is 6.54 Å². The molecule has 0 aliphatic carbocycles. The Bertz CT molecular complexity index is 745. The van der Waals surface area contributed by atoms with Crippen LogP contribution in [0.3, 0.4) is 0 Å². The minimum Gasteiger partial charge on any atom is -0.366 e. The normalized spacial score (nSPS) is 17.5. The fourth-order valence-corrected chi connectivity index (χ4v) is 3.55. The molecule has 3 N–H and O–H groups in total. The van der Waals surface area contributed by atoms with Gasteiger partial charge in [-0.15, -0.1) is 11.3 Å². The fourth-order valence-electron chi connectivity index (χ4n) is 2.72. The summed E-state index contributed by atoms with van der Waals surface area (Å²) in [4.78, 5) is 26.3. The fraction of sp³-hybridized carbons (Fsp3) is 0.294. The second kappa shape index (κ2) is 7.11. The van der Waals surface area contributed by atoms with Crippen molar-refractivity contribution in [3.05, 3.63) is 57.5 Å². The van der Waals surface area contributed by atoms with Crippen molar-refractivity contribution in [2.24, 2.45) is 5.73 Å². The lowest BCUT2D eigenvalue weighted by molar-refractivity contribution is -0.129. The van der Waals surface area contributed by atoms with E-state index in [9.17, 15) is 14.0 Å². The molecular weight excluding hydrogens is 329 g/mol. The van der Waals surface area contributed by atoms with Gasteiger partial charge in [-0.05, 0) is 30.2 Å². The summed E-state index contributed by atoms with van der Waals surface area (Å²) in [5, 5.41) is 4.95. The van der Waals surface area contributed by atoms with Gasteiger partial charge in [0.1, 0.15) is 5.82 Å². The monoisotopic (exact) mass is 347 g/mol. The molecule has 24 heavy (non-hydrogen) atoms. The van der Waals surface area contributed by atoms with Crippen molar-refractivity contribution in [2.45, 2.75) is 25.6 Å². The summed E-state index contributed by atoms with van der Waals surface area (Å²) in [6.45, 7) is 1.69. The Morgan fingerprint density at radius 1 is 1.38 bits per heavy atom. The van der Waals surface area contributed by atoms with E-state index >= 15 is 0 Å². The first kappa shape index (κ1) is 16.6. The first-order valence-corrected chi connectivity index (χ1v) is 8.55. The first-order valence-electron chi connectivity index (χ1n) is 7.67. The molecule has 1 fully saturated rings. The number of primary amides is 1. The molecule has 2 amide bonds. The number of amides is 2. The van der Waals surface area contributed by atoms with Crippen LogP contribution >= 0.6 is 11.3 Å². The molecule has 0 spiro atoms. The zero-order valence-electron chi connectivity index (χ0n) is 13.0. The van der Waals surface area contributed by atoms with Gasteiger partial charge in [0.2, 0.25) is 11.8 Å². The van der Waals surface area contributed by atoms with Gasteiger partial charge in [-0.3, -0.25) is 9.59 Å². The third-order valence-corrected chi connectivity index (χ3v) is 4.98. The maximum Gasteiger partial charge on any atom is 0.249 e. The predicted octanol–water partition coefficient (Wildman–Crippen LogP) is 1.88. The van der Waals surface area contributed by atoms with Crippen LogP contribution < -0.4 is 11.1 Å². The molecule has 3 rings (SSSR count). The van der Waals surface area contributed by atoms with Crippen LogP contribution in [0.5, 0.6) is 0 Å². The van der Waals surface area contributed by atoms with Crippen LogP contribution in [0.15, 0.2) is 35.7 Å². The highest BCUT2D eigenvalue weighted by Gasteiger charge is 2.31. The molecule has 5 nitrogen and oxygen atoms in total. The topological polar surface area (TPSA) is 75.4 Å². The van der Waals surface area contributed by atoms with Gasteiger partial charge in [0.05, 0.1) is 11.6 Å². The van der Waals surface area contributed by atoms with Crippen LogP contribution in [-0.2, 0) is 17.9 Å². The van der Waals surface area contributed by atoms with Gasteiger partial charge in [0.25, 0.3) is 0 Å². The van der Waals surface area contributed by atoms with Gasteiger partial charge in [0.15, 0.2) is 0 Å². The van der Waals surface area contributed by atoms with E-state index in [2.05, 4.69) is 5.32 Å². The van der Waals surface area contributed by atoms with E-state index in [0.29, 0.717) is 25.2 Å². The summed E-state index contributed by atoms with van der Waals surface area (Å²) in [7, 11) is 0. The van der Waals surface area contributed by atoms with Gasteiger partial charge in [-0.25, -0.2) is 4.39 Å². The number of nitrogens with zero attached hydrogens (tertiary/aromatic N) is 1. The average molecular weight is 347 g/mol. The first-order chi connectivity index (χ1) is 11.5. The third kappa shape index (κ3) is 3.80. The van der Waals surface area contributed by atoms with Gasteiger partial charge in [0, 0.05) is 29.9 Å². The third-order valence-electron chi connectivity index (χ3n) is 4.05. The number of rotatable bonds is 6. The number of hydrogen-bond acceptors (Lipinski definition) is 4. The number of likely N-dealkylation sites (tertiary alicyclic amines) is 1. The van der Waals surface area contributed by atoms with Crippen molar-refractivity contribution in [3.63, 3.8) is 0 Å². The predicted molar refractivity (Wildman–Crippen MR) is 89.9 cm³/mol. The number of carbonyl (C=O) groups is 2. The summed E-state index contributed by atoms with van der Waals surface area (Å²) >= 11 is 1.44. The van der Waals surface area contributed by atoms with E-state index in [1.807, 2.05) is 0 Å². The molecule has 126 valence electrons. The second-order valence-corrected chi connectivity index (χ2v) is 6.77. The molecule has 7 heteroatoms. The number of nitrogens with one attached hydrogen (secondary N) is 1. The lowest BCUT2D eigenvalue weighted by Gasteiger charge is -2.17. The summed E-state index contributed by atoms with van der Waals surface area (Å²) < 4.78 is 12.9. The molecule has 1 aromatic carbocycles. The Balaban J connectivity index is 1.53. The van der Waals surface area contributed by atoms with Crippen LogP contribution in [0.25, 0.3) is 0 Å². The Kier molecular flexibility index (Phi) is 4.92. The lowest BCUT2D eigenvalue weighted by atomic mass is 10.2. The summed E-state index contributed by atoms with van der Waals surface area (Å²) in [5.41, 5.74) is 6.64. The molecule has 1 aromatic heterocycles. The second-order valence-electron chi connectivity index (χ2n) is 5.77. The van der Waals surface area contributed by atoms with Crippen LogP contribution in [0.2, 0.25) is 0 Å². The minimum absolute atomic E-state index is 0.0472. The Morgan fingerprint density at radius 2 is 2.12 bits per heavy atom. The molecule has 2 aromatic rings. The zero-order chi connectivity index (χ0) is 17.1. The number of hydrogen-bond donors (Lipinski definition) is 2. The van der Waals surface area contributed by atoms with Crippen molar-refractivity contribution >= 4 is 23.2 Å². The van der Waals surface area contributed by atoms with Crippen molar-refractivity contribution < 1.29 is 14.0 Å². The molecule has 1 saturated heterocycles. The molecule has 1 unspecified atom stereocenters. The number of benzene rings is 1. The standard InChI is InChI=1S/C17H18FN3O2S/c18-13-3-1-11(2-4-13)9-21-6-5-15(17(21)23)20-8-14-7-12(10-24-14)16(19)22/h1-4,7,10,15,20H,5-6,8-9H2,(H2,19,22). The van der Waals surface area contributed by atoms with E-state index < -0.39 is 5.91 Å². The van der Waals surface area contributed by atoms with Gasteiger partial charge >= 0.3 is 0 Å². The van der Waals surface area contributed by atoms with Crippen molar-refractivity contribution in [1.29, 1.82) is 0 Å². The SMILES string of the molecule is NC(=O)c1csc(CNC2CCN(Cc3ccc(F)cc3)C2=O)c1. The summed E-state index contributed by atoms with van der Waals surface area (Å²) in [6.07, 6.45) is 0.730. The van der Waals surface area contributed by atoms with Crippen molar-refractivity contribution in [3.8, 4) is 0 Å². The van der Waals surface area contributed by atoms with E-state index in [1.165, 1.54) is 23.5 Å². The molecule has 1 aliphatic heterocycles. The van der Waals surface area contributed by atoms with Crippen LogP contribution in [0.1, 0.15) is 27.2 Å². The summed E-state index contributed by atoms with van der Waals surface area (Å²) in [5.74, 6) is -0.678. The molecule has 0 radical (unpaired) electrons. The van der Waals surface area contributed by atoms with Crippen LogP contribution in [-0.4, -0.2) is 29.3 Å². The van der Waals surface area contributed by atoms with E-state index in [1.54, 1.807) is 28.5 Å². The maximum absolute atomic E-state index is 12.9. The lowest BCUT2D eigenvalue weighted by Crippen LogP contribution is -2.37. The van der Waals surface area contributed by atoms with Crippen LogP contribution in [0.4, 0.5) is 4.39 Å². The molecule has 1 aliphatic rings. The Morgan fingerprint density at radius 3 is 2.79 bits per heavy atom. The van der Waals surface area contributed by atoms with E-state index in [-0.39, 0.29) is 17.8 Å². The number of nitrogens with two attached hydrogens (primary N) is 1. The average Bonchev–Trinajstić information content (AvgIpc) is 3.16. The molecular formula is C17H18FN3O2S. The Labute approximate surface area is 143 Å². The van der Waals surface area contributed by atoms with Gasteiger partial charge < -0.3 is 16.0 Å². The van der Waals surface area contributed by atoms with Crippen molar-refractivity contribution in [1.82, 2.24) is 10.2 Å². The number of thiophene rings is 1. The van der Waals surface area contributed by atoms with Gasteiger partial charge in [-0.1, -0.05) is 12.1 Å². The molecule has 0 saturated carbocycles. The highest BCUT2D eigenvalue weighted by molar-refractivity contribution is 7.10. The summed E-state index contributed by atoms with van der Waals surface area (Å²) in [6, 6.07) is 7.71. The number of carbonyl (C=O) groups excluding carboxylic acids is 2. The van der Waals surface area contributed by atoms with Crippen LogP contribution in [0, 0.1) is 5.82 Å². The zero-order valence-corrected chi connectivity index (χ0v) is 13.8. The molecule has 0 bridgehead atoms. The smallest absolute Gasteiger partial charge is 0.249 e. The quantitative estimate of drug-likeness (QED) is 0.838. The molecule has 2 heterocycles. The van der Waals surface area contributed by atoms with E-state index in [0.717, 1.165) is 16.9 Å². The molecule has 1 atom stereocenters. The Hall–Kier alpha value is -2.25. The highest BCUT2D eigenvalue weighted by atomic mass is 32.1. The van der Waals surface area contributed by atoms with E-state index in [4.69, 9.17) is 5.73 Å². The highest BCUT2D eigenvalue weighted by Crippen LogP contribution is 2.18. The number of halogens is 1.